The highest BCUT2D eigenvalue weighted by Crippen LogP contribution is 2.19. The van der Waals surface area contributed by atoms with Gasteiger partial charge < -0.3 is 15.0 Å². The lowest BCUT2D eigenvalue weighted by atomic mass is 10.2. The van der Waals surface area contributed by atoms with Crippen LogP contribution in [-0.2, 0) is 14.3 Å². The minimum Gasteiger partial charge on any atom is -0.377 e. The van der Waals surface area contributed by atoms with Crippen molar-refractivity contribution >= 4 is 11.8 Å². The average molecular weight is 224 g/mol. The lowest BCUT2D eigenvalue weighted by Gasteiger charge is -2.33. The number of hydrogen-bond acceptors (Lipinski definition) is 3. The number of ether oxygens (including phenoxy) is 1. The van der Waals surface area contributed by atoms with Crippen molar-refractivity contribution in [3.05, 3.63) is 12.7 Å². The van der Waals surface area contributed by atoms with Gasteiger partial charge in [0.2, 0.25) is 11.8 Å². The zero-order chi connectivity index (χ0) is 11.5. The first-order valence-electron chi connectivity index (χ1n) is 5.53. The molecule has 1 heterocycles. The molecule has 5 heteroatoms. The van der Waals surface area contributed by atoms with Gasteiger partial charge in [-0.1, -0.05) is 6.58 Å². The van der Waals surface area contributed by atoms with E-state index >= 15 is 0 Å². The fourth-order valence-electron chi connectivity index (χ4n) is 1.73. The molecule has 1 saturated heterocycles. The van der Waals surface area contributed by atoms with Gasteiger partial charge in [0.25, 0.3) is 0 Å². The van der Waals surface area contributed by atoms with Crippen molar-refractivity contribution in [3.8, 4) is 0 Å². The molecule has 1 N–H and O–H groups in total. The third-order valence-electron chi connectivity index (χ3n) is 2.81. The van der Waals surface area contributed by atoms with Crippen LogP contribution in [0.25, 0.3) is 0 Å². The topological polar surface area (TPSA) is 58.6 Å². The summed E-state index contributed by atoms with van der Waals surface area (Å²) < 4.78 is 5.24. The minimum absolute atomic E-state index is 0.114. The Morgan fingerprint density at radius 2 is 2.19 bits per heavy atom. The zero-order valence-electron chi connectivity index (χ0n) is 9.15. The van der Waals surface area contributed by atoms with Crippen LogP contribution < -0.4 is 5.32 Å². The Labute approximate surface area is 94.4 Å². The van der Waals surface area contributed by atoms with Gasteiger partial charge in [-0.05, 0) is 18.9 Å². The summed E-state index contributed by atoms with van der Waals surface area (Å²) in [5.74, 6) is -0.323. The summed E-state index contributed by atoms with van der Waals surface area (Å²) in [6.45, 7) is 4.65. The van der Waals surface area contributed by atoms with Gasteiger partial charge in [-0.25, -0.2) is 0 Å². The van der Waals surface area contributed by atoms with Crippen molar-refractivity contribution in [2.75, 3.05) is 19.8 Å². The molecule has 88 valence electrons. The molecular weight excluding hydrogens is 208 g/mol. The Morgan fingerprint density at radius 3 is 2.81 bits per heavy atom. The summed E-state index contributed by atoms with van der Waals surface area (Å²) in [6, 6.07) is -0.199. The lowest BCUT2D eigenvalue weighted by Crippen LogP contribution is -2.55. The van der Waals surface area contributed by atoms with Gasteiger partial charge in [-0.2, -0.15) is 0 Å². The third kappa shape index (κ3) is 2.41. The second-order valence-corrected chi connectivity index (χ2v) is 4.11. The molecule has 0 aromatic heterocycles. The molecule has 1 unspecified atom stereocenters. The Morgan fingerprint density at radius 1 is 1.44 bits per heavy atom. The second-order valence-electron chi connectivity index (χ2n) is 4.11. The Balaban J connectivity index is 1.99. The number of hydrogen-bond donors (Lipinski definition) is 1. The Kier molecular flexibility index (Phi) is 3.24. The standard InChI is InChI=1S/C11H16N2O3/c1-2-10(14)13-5-6-16-7-9(13)11(15)12-8-3-4-8/h2,8-9H,1,3-7H2,(H,12,15). The summed E-state index contributed by atoms with van der Waals surface area (Å²) in [5, 5.41) is 2.89. The molecule has 0 aromatic rings. The first kappa shape index (κ1) is 11.1. The molecule has 2 aliphatic rings. The first-order chi connectivity index (χ1) is 7.72. The summed E-state index contributed by atoms with van der Waals surface area (Å²) in [6.07, 6.45) is 3.31. The molecule has 2 amide bonds. The van der Waals surface area contributed by atoms with Crippen LogP contribution in [0.1, 0.15) is 12.8 Å². The van der Waals surface area contributed by atoms with E-state index in [-0.39, 0.29) is 18.4 Å². The van der Waals surface area contributed by atoms with Crippen molar-refractivity contribution in [2.24, 2.45) is 0 Å². The van der Waals surface area contributed by atoms with Crippen LogP contribution in [0.15, 0.2) is 12.7 Å². The van der Waals surface area contributed by atoms with Gasteiger partial charge in [-0.15, -0.1) is 0 Å². The van der Waals surface area contributed by atoms with Crippen molar-refractivity contribution in [3.63, 3.8) is 0 Å². The molecule has 1 saturated carbocycles. The van der Waals surface area contributed by atoms with Crippen molar-refractivity contribution < 1.29 is 14.3 Å². The fourth-order valence-corrected chi connectivity index (χ4v) is 1.73. The van der Waals surface area contributed by atoms with Crippen molar-refractivity contribution in [1.29, 1.82) is 0 Å². The van der Waals surface area contributed by atoms with Crippen LogP contribution in [0.4, 0.5) is 0 Å². The molecule has 16 heavy (non-hydrogen) atoms. The van der Waals surface area contributed by atoms with E-state index in [4.69, 9.17) is 4.74 Å². The number of carbonyl (C=O) groups is 2. The third-order valence-corrected chi connectivity index (χ3v) is 2.81. The maximum Gasteiger partial charge on any atom is 0.246 e. The van der Waals surface area contributed by atoms with E-state index < -0.39 is 6.04 Å². The van der Waals surface area contributed by atoms with E-state index in [1.54, 1.807) is 0 Å². The highest BCUT2D eigenvalue weighted by Gasteiger charge is 2.34. The molecule has 1 atom stereocenters. The van der Waals surface area contributed by atoms with Crippen LogP contribution in [0.2, 0.25) is 0 Å². The molecule has 1 aliphatic heterocycles. The van der Waals surface area contributed by atoms with Crippen LogP contribution in [0.5, 0.6) is 0 Å². The lowest BCUT2D eigenvalue weighted by molar-refractivity contribution is -0.145. The molecular formula is C11H16N2O3. The number of amides is 2. The number of nitrogens with one attached hydrogen (secondary N) is 1. The normalized spacial score (nSPS) is 25.0. The molecule has 1 aliphatic carbocycles. The molecule has 2 fully saturated rings. The van der Waals surface area contributed by atoms with E-state index in [0.29, 0.717) is 19.2 Å². The summed E-state index contributed by atoms with van der Waals surface area (Å²) in [7, 11) is 0. The van der Waals surface area contributed by atoms with Gasteiger partial charge in [-0.3, -0.25) is 9.59 Å². The monoisotopic (exact) mass is 224 g/mol. The van der Waals surface area contributed by atoms with Crippen LogP contribution >= 0.6 is 0 Å². The summed E-state index contributed by atoms with van der Waals surface area (Å²) in [4.78, 5) is 24.9. The Bertz CT molecular complexity index is 312. The van der Waals surface area contributed by atoms with Gasteiger partial charge in [0.05, 0.1) is 13.2 Å². The Hall–Kier alpha value is -1.36. The highest BCUT2D eigenvalue weighted by atomic mass is 16.5. The second kappa shape index (κ2) is 4.65. The average Bonchev–Trinajstić information content (AvgIpc) is 3.12. The van der Waals surface area contributed by atoms with Gasteiger partial charge >= 0.3 is 0 Å². The smallest absolute Gasteiger partial charge is 0.246 e. The van der Waals surface area contributed by atoms with Crippen LogP contribution in [-0.4, -0.2) is 48.6 Å². The van der Waals surface area contributed by atoms with E-state index in [1.165, 1.54) is 11.0 Å². The van der Waals surface area contributed by atoms with Crippen LogP contribution in [0.3, 0.4) is 0 Å². The molecule has 0 bridgehead atoms. The van der Waals surface area contributed by atoms with Gasteiger partial charge in [0.15, 0.2) is 0 Å². The number of carbonyl (C=O) groups excluding carboxylic acids is 2. The first-order valence-corrected chi connectivity index (χ1v) is 5.53. The number of nitrogens with zero attached hydrogens (tertiary/aromatic N) is 1. The van der Waals surface area contributed by atoms with Gasteiger partial charge in [0.1, 0.15) is 6.04 Å². The molecule has 2 rings (SSSR count). The zero-order valence-corrected chi connectivity index (χ0v) is 9.15. The fraction of sp³-hybridized carbons (Fsp3) is 0.636. The number of morpholine rings is 1. The van der Waals surface area contributed by atoms with E-state index in [2.05, 4.69) is 11.9 Å². The van der Waals surface area contributed by atoms with Crippen molar-refractivity contribution in [2.45, 2.75) is 24.9 Å². The molecule has 0 radical (unpaired) electrons. The quantitative estimate of drug-likeness (QED) is 0.668. The largest absolute Gasteiger partial charge is 0.377 e. The predicted molar refractivity (Wildman–Crippen MR) is 57.7 cm³/mol. The van der Waals surface area contributed by atoms with Crippen molar-refractivity contribution in [1.82, 2.24) is 10.2 Å². The predicted octanol–water partition coefficient (Wildman–Crippen LogP) is -0.322. The molecule has 0 aromatic carbocycles. The summed E-state index contributed by atoms with van der Waals surface area (Å²) >= 11 is 0. The highest BCUT2D eigenvalue weighted by molar-refractivity contribution is 5.93. The van der Waals surface area contributed by atoms with Crippen LogP contribution in [0, 0.1) is 0 Å². The summed E-state index contributed by atoms with van der Waals surface area (Å²) in [5.41, 5.74) is 0. The van der Waals surface area contributed by atoms with E-state index in [9.17, 15) is 9.59 Å². The molecule has 5 nitrogen and oxygen atoms in total. The van der Waals surface area contributed by atoms with Gasteiger partial charge in [0, 0.05) is 12.6 Å². The maximum atomic E-state index is 11.9. The SMILES string of the molecule is C=CC(=O)N1CCOCC1C(=O)NC1CC1. The van der Waals surface area contributed by atoms with E-state index in [1.807, 2.05) is 0 Å². The number of rotatable bonds is 3. The minimum atomic E-state index is -0.500. The van der Waals surface area contributed by atoms with E-state index in [0.717, 1.165) is 12.8 Å². The molecule has 0 spiro atoms. The maximum absolute atomic E-state index is 11.9.